The van der Waals surface area contributed by atoms with Crippen molar-refractivity contribution in [1.29, 1.82) is 0 Å². The van der Waals surface area contributed by atoms with E-state index in [1.54, 1.807) is 11.3 Å². The summed E-state index contributed by atoms with van der Waals surface area (Å²) >= 11 is 0. The first-order chi connectivity index (χ1) is 19.2. The first-order valence-corrected chi connectivity index (χ1v) is 15.7. The molecule has 0 radical (unpaired) electrons. The van der Waals surface area contributed by atoms with Crippen molar-refractivity contribution in [2.24, 2.45) is 17.8 Å². The van der Waals surface area contributed by atoms with E-state index in [1.807, 2.05) is 0 Å². The summed E-state index contributed by atoms with van der Waals surface area (Å²) < 4.78 is 2.68. The third kappa shape index (κ3) is 4.31. The zero-order valence-electron chi connectivity index (χ0n) is 23.7. The Labute approximate surface area is 235 Å². The van der Waals surface area contributed by atoms with Crippen LogP contribution in [0, 0.1) is 17.8 Å². The maximum atomic E-state index is 4.32. The number of rotatable bonds is 6. The van der Waals surface area contributed by atoms with E-state index in [9.17, 15) is 0 Å². The van der Waals surface area contributed by atoms with Gasteiger partial charge >= 0.3 is 0 Å². The highest BCUT2D eigenvalue weighted by atomic mass is 15.2. The van der Waals surface area contributed by atoms with Gasteiger partial charge in [0.1, 0.15) is 0 Å². The molecule has 1 aromatic rings. The molecule has 5 atom stereocenters. The summed E-state index contributed by atoms with van der Waals surface area (Å²) in [6.07, 6.45) is 42.1. The van der Waals surface area contributed by atoms with Crippen molar-refractivity contribution in [3.8, 4) is 0 Å². The van der Waals surface area contributed by atoms with E-state index >= 15 is 0 Å². The second kappa shape index (κ2) is 10.5. The molecule has 5 unspecified atom stereocenters. The maximum Gasteiger partial charge on any atom is 0.0548 e. The Morgan fingerprint density at radius 1 is 0.923 bits per heavy atom. The molecule has 7 rings (SSSR count). The summed E-state index contributed by atoms with van der Waals surface area (Å²) in [7, 11) is 0. The van der Waals surface area contributed by atoms with E-state index in [2.05, 4.69) is 95.9 Å². The summed E-state index contributed by atoms with van der Waals surface area (Å²) in [5.41, 5.74) is 10.6. The van der Waals surface area contributed by atoms with Crippen molar-refractivity contribution in [3.05, 3.63) is 107 Å². The lowest BCUT2D eigenvalue weighted by Gasteiger charge is -2.36. The largest absolute Gasteiger partial charge is 0.361 e. The number of hydrogen-bond donors (Lipinski definition) is 0. The van der Waals surface area contributed by atoms with Crippen molar-refractivity contribution in [3.63, 3.8) is 0 Å². The van der Waals surface area contributed by atoms with Gasteiger partial charge in [0, 0.05) is 28.7 Å². The Balaban J connectivity index is 1.24. The number of aromatic nitrogens is 1. The standard InChI is InChI=1S/C37H44N2/c1-3-30-31-18-10-12-20-34(31)38(28-14-6-4-7-15-28)36(30)24-26(2)27-22-23-33-32-19-11-13-21-35(32)39(37(33)25-27)29-16-8-5-9-17-29/h3-6,8,13-14,16,21-23,25-26,32-33,35,37H,1,7,9-12,15,17-20,24H2,2H3. The molecule has 202 valence electrons. The lowest BCUT2D eigenvalue weighted by Crippen LogP contribution is -2.37. The van der Waals surface area contributed by atoms with Crippen molar-refractivity contribution >= 4 is 11.8 Å². The SMILES string of the molecule is C=Cc1c2c(n(C3=CC=CCC3)c1CC(C)C1=CC3C(C=C1)C1CCC=CC1N3C1=CC=CCC1)CCCC2. The fraction of sp³-hybridized carbons (Fsp3) is 0.459. The molecule has 0 saturated carbocycles. The zero-order chi connectivity index (χ0) is 26.3. The number of nitrogens with zero attached hydrogens (tertiary/aromatic N) is 2. The molecular formula is C37H44N2. The molecular weight excluding hydrogens is 472 g/mol. The van der Waals surface area contributed by atoms with Gasteiger partial charge in [-0.15, -0.1) is 0 Å². The van der Waals surface area contributed by atoms with Crippen LogP contribution in [-0.4, -0.2) is 21.6 Å². The van der Waals surface area contributed by atoms with Crippen LogP contribution in [0.2, 0.25) is 0 Å². The number of likely N-dealkylation sites (tertiary alicyclic amines) is 1. The summed E-state index contributed by atoms with van der Waals surface area (Å²) in [5, 5.41) is 0. The highest BCUT2D eigenvalue weighted by Crippen LogP contribution is 2.48. The van der Waals surface area contributed by atoms with Crippen LogP contribution in [0.25, 0.3) is 11.8 Å². The molecule has 0 amide bonds. The molecule has 1 aromatic heterocycles. The van der Waals surface area contributed by atoms with E-state index in [1.165, 1.54) is 79.6 Å². The Morgan fingerprint density at radius 3 is 2.49 bits per heavy atom. The molecule has 2 heteroatoms. The smallest absolute Gasteiger partial charge is 0.0548 e. The van der Waals surface area contributed by atoms with Gasteiger partial charge in [-0.1, -0.05) is 74.3 Å². The van der Waals surface area contributed by atoms with Crippen LogP contribution in [0.15, 0.2) is 84.7 Å². The van der Waals surface area contributed by atoms with Crippen LogP contribution in [0.5, 0.6) is 0 Å². The molecule has 2 heterocycles. The van der Waals surface area contributed by atoms with Crippen molar-refractivity contribution in [2.75, 3.05) is 0 Å². The minimum Gasteiger partial charge on any atom is -0.361 e. The average Bonchev–Trinajstić information content (AvgIpc) is 3.49. The fourth-order valence-electron chi connectivity index (χ4n) is 8.49. The van der Waals surface area contributed by atoms with Gasteiger partial charge in [0.15, 0.2) is 0 Å². The molecule has 0 bridgehead atoms. The van der Waals surface area contributed by atoms with Crippen LogP contribution >= 0.6 is 0 Å². The van der Waals surface area contributed by atoms with Gasteiger partial charge in [-0.3, -0.25) is 0 Å². The average molecular weight is 517 g/mol. The molecule has 1 saturated heterocycles. The number of hydrogen-bond acceptors (Lipinski definition) is 1. The van der Waals surface area contributed by atoms with Gasteiger partial charge < -0.3 is 9.47 Å². The van der Waals surface area contributed by atoms with Crippen LogP contribution in [0.1, 0.15) is 80.8 Å². The Morgan fingerprint density at radius 2 is 1.72 bits per heavy atom. The fourth-order valence-corrected chi connectivity index (χ4v) is 8.49. The Bertz CT molecular complexity index is 1350. The van der Waals surface area contributed by atoms with E-state index in [4.69, 9.17) is 0 Å². The Hall–Kier alpha value is -3.00. The van der Waals surface area contributed by atoms with E-state index in [0.717, 1.165) is 25.2 Å². The summed E-state index contributed by atoms with van der Waals surface area (Å²) in [4.78, 5) is 2.81. The molecule has 2 nitrogen and oxygen atoms in total. The third-order valence-corrected chi connectivity index (χ3v) is 10.3. The van der Waals surface area contributed by atoms with Crippen LogP contribution < -0.4 is 0 Å². The topological polar surface area (TPSA) is 8.17 Å². The van der Waals surface area contributed by atoms with Crippen molar-refractivity contribution in [1.82, 2.24) is 9.47 Å². The van der Waals surface area contributed by atoms with E-state index in [0.29, 0.717) is 23.9 Å². The molecule has 39 heavy (non-hydrogen) atoms. The first-order valence-electron chi connectivity index (χ1n) is 15.7. The van der Waals surface area contributed by atoms with E-state index < -0.39 is 0 Å². The summed E-state index contributed by atoms with van der Waals surface area (Å²) in [5.74, 6) is 1.83. The van der Waals surface area contributed by atoms with Gasteiger partial charge in [0.2, 0.25) is 0 Å². The second-order valence-corrected chi connectivity index (χ2v) is 12.5. The zero-order valence-corrected chi connectivity index (χ0v) is 23.7. The molecule has 1 aliphatic heterocycles. The second-order valence-electron chi connectivity index (χ2n) is 12.5. The minimum atomic E-state index is 0.469. The van der Waals surface area contributed by atoms with Crippen LogP contribution in [0.4, 0.5) is 0 Å². The van der Waals surface area contributed by atoms with Gasteiger partial charge in [0.25, 0.3) is 0 Å². The predicted octanol–water partition coefficient (Wildman–Crippen LogP) is 8.74. The third-order valence-electron chi connectivity index (χ3n) is 10.3. The van der Waals surface area contributed by atoms with Crippen molar-refractivity contribution < 1.29 is 0 Å². The molecule has 0 N–H and O–H groups in total. The minimum absolute atomic E-state index is 0.469. The highest BCUT2D eigenvalue weighted by molar-refractivity contribution is 5.65. The van der Waals surface area contributed by atoms with E-state index in [-0.39, 0.29) is 0 Å². The lowest BCUT2D eigenvalue weighted by molar-refractivity contribution is 0.277. The molecule has 0 spiro atoms. The molecule has 6 aliphatic rings. The molecule has 1 fully saturated rings. The maximum absolute atomic E-state index is 4.32. The number of fused-ring (bicyclic) bond motifs is 4. The van der Waals surface area contributed by atoms with Crippen LogP contribution in [-0.2, 0) is 19.3 Å². The molecule has 0 aromatic carbocycles. The van der Waals surface area contributed by atoms with Crippen LogP contribution in [0.3, 0.4) is 0 Å². The van der Waals surface area contributed by atoms with Gasteiger partial charge in [-0.2, -0.15) is 0 Å². The normalized spacial score (nSPS) is 29.8. The highest BCUT2D eigenvalue weighted by Gasteiger charge is 2.47. The monoisotopic (exact) mass is 516 g/mol. The first kappa shape index (κ1) is 25.0. The van der Waals surface area contributed by atoms with Gasteiger partial charge in [0.05, 0.1) is 12.1 Å². The van der Waals surface area contributed by atoms with Crippen molar-refractivity contribution in [2.45, 2.75) is 89.6 Å². The summed E-state index contributed by atoms with van der Waals surface area (Å²) in [6, 6.07) is 1.03. The Kier molecular flexibility index (Phi) is 6.75. The predicted molar refractivity (Wildman–Crippen MR) is 165 cm³/mol. The quantitative estimate of drug-likeness (QED) is 0.343. The molecule has 5 aliphatic carbocycles. The van der Waals surface area contributed by atoms with Gasteiger partial charge in [-0.25, -0.2) is 0 Å². The summed E-state index contributed by atoms with van der Waals surface area (Å²) in [6.45, 7) is 6.79. The lowest BCUT2D eigenvalue weighted by atomic mass is 9.77. The number of allylic oxidation sites excluding steroid dienone is 11. The van der Waals surface area contributed by atoms with Gasteiger partial charge in [-0.05, 0) is 111 Å².